The number of aliphatic carboxylic acids is 1. The minimum Gasteiger partial charge on any atom is -0.475 e. The molecule has 1 aliphatic heterocycles. The summed E-state index contributed by atoms with van der Waals surface area (Å²) >= 11 is 3.10. The molecule has 0 bridgehead atoms. The van der Waals surface area contributed by atoms with Gasteiger partial charge in [-0.3, -0.25) is 4.79 Å². The molecule has 0 unspecified atom stereocenters. The second kappa shape index (κ2) is 3.54. The van der Waals surface area contributed by atoms with E-state index >= 15 is 0 Å². The van der Waals surface area contributed by atoms with Crippen LogP contribution in [0.1, 0.15) is 10.4 Å². The van der Waals surface area contributed by atoms with E-state index in [2.05, 4.69) is 15.9 Å². The molecule has 1 heterocycles. The average Bonchev–Trinajstić information content (AvgIpc) is 2.62. The molecule has 0 aliphatic carbocycles. The molecular weight excluding hydrogens is 268 g/mol. The lowest BCUT2D eigenvalue weighted by atomic mass is 10.1. The van der Waals surface area contributed by atoms with Crippen LogP contribution in [0.4, 0.5) is 0 Å². The average molecular weight is 273 g/mol. The normalized spacial score (nSPS) is 12.6. The first-order valence-electron chi connectivity index (χ1n) is 3.96. The maximum Gasteiger partial charge on any atom is 0.377 e. The van der Waals surface area contributed by atoms with Crippen molar-refractivity contribution in [3.63, 3.8) is 0 Å². The Morgan fingerprint density at radius 2 is 1.87 bits per heavy atom. The smallest absolute Gasteiger partial charge is 0.377 e. The third kappa shape index (κ3) is 1.68. The number of halogens is 1. The van der Waals surface area contributed by atoms with E-state index in [0.717, 1.165) is 0 Å². The molecule has 0 saturated carbocycles. The number of carboxylic acids is 1. The van der Waals surface area contributed by atoms with Crippen LogP contribution < -0.4 is 9.47 Å². The van der Waals surface area contributed by atoms with Crippen molar-refractivity contribution in [3.05, 3.63) is 22.2 Å². The van der Waals surface area contributed by atoms with Crippen LogP contribution in [-0.4, -0.2) is 23.7 Å². The first-order chi connectivity index (χ1) is 7.09. The summed E-state index contributed by atoms with van der Waals surface area (Å²) in [4.78, 5) is 21.7. The number of carbonyl (C=O) groups is 2. The van der Waals surface area contributed by atoms with Crippen molar-refractivity contribution in [2.24, 2.45) is 0 Å². The van der Waals surface area contributed by atoms with Gasteiger partial charge < -0.3 is 14.6 Å². The maximum absolute atomic E-state index is 11.2. The molecule has 15 heavy (non-hydrogen) atoms. The summed E-state index contributed by atoms with van der Waals surface area (Å²) in [5.41, 5.74) is 0.0479. The molecule has 2 rings (SSSR count). The van der Waals surface area contributed by atoms with Crippen molar-refractivity contribution in [3.8, 4) is 11.5 Å². The zero-order chi connectivity index (χ0) is 11.0. The highest BCUT2D eigenvalue weighted by Gasteiger charge is 2.23. The van der Waals surface area contributed by atoms with Gasteiger partial charge in [0.05, 0.1) is 0 Å². The highest BCUT2D eigenvalue weighted by atomic mass is 79.9. The van der Waals surface area contributed by atoms with Gasteiger partial charge in [-0.05, 0) is 28.1 Å². The molecule has 0 fully saturated rings. The van der Waals surface area contributed by atoms with Gasteiger partial charge in [-0.1, -0.05) is 0 Å². The van der Waals surface area contributed by atoms with E-state index in [-0.39, 0.29) is 12.4 Å². The molecule has 0 radical (unpaired) electrons. The Labute approximate surface area is 92.7 Å². The SMILES string of the molecule is O=C(O)C(=O)c1cc2c(cc1Br)OCO2. The van der Waals surface area contributed by atoms with Crippen LogP contribution in [0.15, 0.2) is 16.6 Å². The van der Waals surface area contributed by atoms with Crippen molar-refractivity contribution < 1.29 is 24.2 Å². The van der Waals surface area contributed by atoms with Crippen LogP contribution in [0.2, 0.25) is 0 Å². The second-order valence-corrected chi connectivity index (χ2v) is 3.67. The molecular formula is C9H5BrO5. The van der Waals surface area contributed by atoms with Gasteiger partial charge in [-0.2, -0.15) is 0 Å². The first kappa shape index (κ1) is 9.97. The first-order valence-corrected chi connectivity index (χ1v) is 4.75. The van der Waals surface area contributed by atoms with Gasteiger partial charge >= 0.3 is 5.97 Å². The molecule has 0 atom stereocenters. The van der Waals surface area contributed by atoms with Gasteiger partial charge in [-0.25, -0.2) is 4.79 Å². The largest absolute Gasteiger partial charge is 0.475 e. The van der Waals surface area contributed by atoms with Crippen molar-refractivity contribution >= 4 is 27.7 Å². The number of ketones is 1. The fourth-order valence-corrected chi connectivity index (χ4v) is 1.71. The number of hydrogen-bond donors (Lipinski definition) is 1. The molecule has 1 aromatic carbocycles. The summed E-state index contributed by atoms with van der Waals surface area (Å²) in [5, 5.41) is 8.57. The molecule has 0 saturated heterocycles. The molecule has 1 aromatic rings. The third-order valence-corrected chi connectivity index (χ3v) is 2.56. The zero-order valence-electron chi connectivity index (χ0n) is 7.32. The quantitative estimate of drug-likeness (QED) is 0.652. The summed E-state index contributed by atoms with van der Waals surface area (Å²) in [6.45, 7) is 0.0759. The van der Waals surface area contributed by atoms with Gasteiger partial charge in [0, 0.05) is 10.0 Å². The summed E-state index contributed by atoms with van der Waals surface area (Å²) in [5.74, 6) is -1.62. The number of ether oxygens (including phenoxy) is 2. The summed E-state index contributed by atoms with van der Waals surface area (Å²) < 4.78 is 10.5. The predicted octanol–water partition coefficient (Wildman–Crippen LogP) is 1.45. The van der Waals surface area contributed by atoms with Crippen molar-refractivity contribution in [2.75, 3.05) is 6.79 Å². The number of benzene rings is 1. The number of fused-ring (bicyclic) bond motifs is 1. The van der Waals surface area contributed by atoms with Crippen LogP contribution in [0, 0.1) is 0 Å². The summed E-state index contributed by atoms with van der Waals surface area (Å²) in [7, 11) is 0. The van der Waals surface area contributed by atoms with E-state index < -0.39 is 11.8 Å². The van der Waals surface area contributed by atoms with Crippen LogP contribution in [0.5, 0.6) is 11.5 Å². The van der Waals surface area contributed by atoms with E-state index in [1.807, 2.05) is 0 Å². The molecule has 5 nitrogen and oxygen atoms in total. The third-order valence-electron chi connectivity index (χ3n) is 1.90. The van der Waals surface area contributed by atoms with Crippen molar-refractivity contribution in [2.45, 2.75) is 0 Å². The Bertz CT molecular complexity index is 454. The standard InChI is InChI=1S/C9H5BrO5/c10-5-2-7-6(14-3-15-7)1-4(5)8(11)9(12)13/h1-2H,3H2,(H,12,13). The topological polar surface area (TPSA) is 72.8 Å². The van der Waals surface area contributed by atoms with E-state index in [1.54, 1.807) is 0 Å². The van der Waals surface area contributed by atoms with Gasteiger partial charge in [0.2, 0.25) is 6.79 Å². The van der Waals surface area contributed by atoms with Crippen LogP contribution in [0.3, 0.4) is 0 Å². The van der Waals surface area contributed by atoms with Crippen molar-refractivity contribution in [1.82, 2.24) is 0 Å². The number of hydrogen-bond acceptors (Lipinski definition) is 4. The van der Waals surface area contributed by atoms with Crippen LogP contribution >= 0.6 is 15.9 Å². The van der Waals surface area contributed by atoms with Gasteiger partial charge in [0.1, 0.15) is 0 Å². The highest BCUT2D eigenvalue weighted by molar-refractivity contribution is 9.10. The molecule has 0 spiro atoms. The highest BCUT2D eigenvalue weighted by Crippen LogP contribution is 2.36. The van der Waals surface area contributed by atoms with Gasteiger partial charge in [0.15, 0.2) is 11.5 Å². The van der Waals surface area contributed by atoms with Crippen LogP contribution in [0.25, 0.3) is 0 Å². The van der Waals surface area contributed by atoms with E-state index in [9.17, 15) is 9.59 Å². The van der Waals surface area contributed by atoms with E-state index in [1.165, 1.54) is 12.1 Å². The Hall–Kier alpha value is -1.56. The summed E-state index contributed by atoms with van der Waals surface area (Å²) in [6.07, 6.45) is 0. The zero-order valence-corrected chi connectivity index (χ0v) is 8.91. The van der Waals surface area contributed by atoms with E-state index in [0.29, 0.717) is 16.0 Å². The minimum absolute atomic E-state index is 0.0479. The molecule has 78 valence electrons. The van der Waals surface area contributed by atoms with Gasteiger partial charge in [0.25, 0.3) is 5.78 Å². The number of Topliss-reactive ketones (excluding diaryl/α,β-unsaturated/α-hetero) is 1. The number of carbonyl (C=O) groups excluding carboxylic acids is 1. The summed E-state index contributed by atoms with van der Waals surface area (Å²) in [6, 6.07) is 2.86. The lowest BCUT2D eigenvalue weighted by molar-refractivity contribution is -0.131. The predicted molar refractivity (Wildman–Crippen MR) is 52.2 cm³/mol. The fraction of sp³-hybridized carbons (Fsp3) is 0.111. The molecule has 1 aliphatic rings. The molecule has 0 aromatic heterocycles. The van der Waals surface area contributed by atoms with Gasteiger partial charge in [-0.15, -0.1) is 0 Å². The molecule has 1 N–H and O–H groups in total. The Kier molecular flexibility index (Phi) is 2.36. The Morgan fingerprint density at radius 3 is 2.47 bits per heavy atom. The Balaban J connectivity index is 2.49. The number of rotatable bonds is 2. The van der Waals surface area contributed by atoms with Crippen molar-refractivity contribution in [1.29, 1.82) is 0 Å². The molecule has 6 heteroatoms. The minimum atomic E-state index is -1.51. The lowest BCUT2D eigenvalue weighted by Crippen LogP contribution is -2.13. The maximum atomic E-state index is 11.2. The van der Waals surface area contributed by atoms with E-state index in [4.69, 9.17) is 14.6 Å². The molecule has 0 amide bonds. The van der Waals surface area contributed by atoms with Crippen LogP contribution in [-0.2, 0) is 4.79 Å². The fourth-order valence-electron chi connectivity index (χ4n) is 1.21. The number of carboxylic acid groups (broad SMARTS) is 1. The lowest BCUT2D eigenvalue weighted by Gasteiger charge is -2.02. The second-order valence-electron chi connectivity index (χ2n) is 2.82. The monoisotopic (exact) mass is 272 g/mol. The Morgan fingerprint density at radius 1 is 1.27 bits per heavy atom.